The minimum absolute atomic E-state index is 0.178. The van der Waals surface area contributed by atoms with E-state index in [0.29, 0.717) is 12.0 Å². The number of H-pyrrole nitrogens is 1. The first-order valence-electron chi connectivity index (χ1n) is 6.65. The molecule has 1 atom stereocenters. The molecule has 1 aromatic heterocycles. The van der Waals surface area contributed by atoms with Gasteiger partial charge in [0.25, 0.3) is 0 Å². The molecule has 2 fully saturated rings. The van der Waals surface area contributed by atoms with Crippen molar-refractivity contribution in [1.29, 1.82) is 0 Å². The van der Waals surface area contributed by atoms with Crippen molar-refractivity contribution < 1.29 is 0 Å². The molecule has 0 aromatic carbocycles. The highest BCUT2D eigenvalue weighted by Gasteiger charge is 2.22. The number of rotatable bonds is 3. The zero-order valence-corrected chi connectivity index (χ0v) is 10.0. The highest BCUT2D eigenvalue weighted by atomic mass is 16.1. The summed E-state index contributed by atoms with van der Waals surface area (Å²) in [5.41, 5.74) is 1.88. The van der Waals surface area contributed by atoms with Crippen LogP contribution in [0, 0.1) is 0 Å². The quantitative estimate of drug-likeness (QED) is 0.828. The van der Waals surface area contributed by atoms with Crippen LogP contribution in [0.2, 0.25) is 0 Å². The first kappa shape index (κ1) is 11.0. The second kappa shape index (κ2) is 4.61. The molecule has 2 aliphatic rings. The zero-order valence-electron chi connectivity index (χ0n) is 10.0. The molecule has 2 heterocycles. The molecule has 1 saturated carbocycles. The van der Waals surface area contributed by atoms with Gasteiger partial charge in [-0.25, -0.2) is 4.79 Å². The summed E-state index contributed by atoms with van der Waals surface area (Å²) >= 11 is 0. The summed E-state index contributed by atoms with van der Waals surface area (Å²) in [4.78, 5) is 18.5. The van der Waals surface area contributed by atoms with E-state index in [4.69, 9.17) is 0 Å². The number of nitrogens with one attached hydrogen (secondary N) is 2. The van der Waals surface area contributed by atoms with Gasteiger partial charge in [-0.2, -0.15) is 4.98 Å². The van der Waals surface area contributed by atoms with Crippen molar-refractivity contribution in [2.24, 2.45) is 0 Å². The maximum absolute atomic E-state index is 11.5. The third-order valence-electron chi connectivity index (χ3n) is 3.97. The summed E-state index contributed by atoms with van der Waals surface area (Å²) < 4.78 is 0. The monoisotopic (exact) mass is 233 g/mol. The lowest BCUT2D eigenvalue weighted by Gasteiger charge is -2.24. The van der Waals surface area contributed by atoms with Crippen molar-refractivity contribution in [1.82, 2.24) is 15.3 Å². The van der Waals surface area contributed by atoms with Crippen molar-refractivity contribution in [3.63, 3.8) is 0 Å². The van der Waals surface area contributed by atoms with Crippen molar-refractivity contribution in [3.05, 3.63) is 27.9 Å². The highest BCUT2D eigenvalue weighted by molar-refractivity contribution is 5.16. The first-order chi connectivity index (χ1) is 8.31. The number of aromatic amines is 1. The first-order valence-corrected chi connectivity index (χ1v) is 6.65. The van der Waals surface area contributed by atoms with Crippen LogP contribution in [0.5, 0.6) is 0 Å². The number of hydrogen-bond donors (Lipinski definition) is 2. The van der Waals surface area contributed by atoms with E-state index in [0.717, 1.165) is 24.4 Å². The summed E-state index contributed by atoms with van der Waals surface area (Å²) in [7, 11) is 0. The molecule has 1 aliphatic heterocycles. The van der Waals surface area contributed by atoms with E-state index in [9.17, 15) is 4.79 Å². The normalized spacial score (nSPS) is 24.8. The van der Waals surface area contributed by atoms with Crippen molar-refractivity contribution in [2.45, 2.75) is 50.5 Å². The van der Waals surface area contributed by atoms with E-state index in [1.54, 1.807) is 0 Å². The van der Waals surface area contributed by atoms with Crippen molar-refractivity contribution in [2.75, 3.05) is 6.54 Å². The molecule has 4 heteroatoms. The van der Waals surface area contributed by atoms with Gasteiger partial charge >= 0.3 is 5.69 Å². The number of hydrogen-bond acceptors (Lipinski definition) is 3. The summed E-state index contributed by atoms with van der Waals surface area (Å²) in [5, 5.41) is 3.46. The molecule has 0 spiro atoms. The standard InChI is InChI=1S/C13H19N3O/c17-13-15-11(7-10-5-2-6-14-10)8-12(16-13)9-3-1-4-9/h8-10,14H,1-7H2,(H,15,16,17). The molecule has 17 heavy (non-hydrogen) atoms. The average molecular weight is 233 g/mol. The third-order valence-corrected chi connectivity index (χ3v) is 3.97. The predicted octanol–water partition coefficient (Wildman–Crippen LogP) is 1.33. The molecule has 92 valence electrons. The molecule has 1 aliphatic carbocycles. The predicted molar refractivity (Wildman–Crippen MR) is 66.2 cm³/mol. The van der Waals surface area contributed by atoms with Crippen molar-refractivity contribution in [3.8, 4) is 0 Å². The van der Waals surface area contributed by atoms with Crippen LogP contribution >= 0.6 is 0 Å². The molecule has 0 amide bonds. The van der Waals surface area contributed by atoms with E-state index in [-0.39, 0.29) is 5.69 Å². The molecule has 0 radical (unpaired) electrons. The van der Waals surface area contributed by atoms with Crippen LogP contribution in [0.3, 0.4) is 0 Å². The van der Waals surface area contributed by atoms with E-state index in [2.05, 4.69) is 21.4 Å². The van der Waals surface area contributed by atoms with Crippen LogP contribution in [-0.2, 0) is 6.42 Å². The summed E-state index contributed by atoms with van der Waals surface area (Å²) in [6.45, 7) is 1.11. The van der Waals surface area contributed by atoms with Crippen LogP contribution in [0.4, 0.5) is 0 Å². The molecule has 1 aromatic rings. The Balaban J connectivity index is 1.78. The topological polar surface area (TPSA) is 57.8 Å². The molecular formula is C13H19N3O. The van der Waals surface area contributed by atoms with Gasteiger partial charge in [0.1, 0.15) is 0 Å². The SMILES string of the molecule is O=c1nc(C2CCC2)cc(CC2CCCN2)[nH]1. The summed E-state index contributed by atoms with van der Waals surface area (Å²) in [6.07, 6.45) is 7.05. The second-order valence-electron chi connectivity index (χ2n) is 5.26. The summed E-state index contributed by atoms with van der Waals surface area (Å²) in [5.74, 6) is 0.535. The van der Waals surface area contributed by atoms with Gasteiger partial charge in [0, 0.05) is 24.1 Å². The van der Waals surface area contributed by atoms with E-state index in [1.165, 1.54) is 32.1 Å². The molecule has 1 saturated heterocycles. The Hall–Kier alpha value is -1.16. The zero-order chi connectivity index (χ0) is 11.7. The van der Waals surface area contributed by atoms with Gasteiger partial charge in [-0.3, -0.25) is 0 Å². The third kappa shape index (κ3) is 2.41. The Morgan fingerprint density at radius 1 is 1.29 bits per heavy atom. The van der Waals surface area contributed by atoms with Crippen LogP contribution in [0.1, 0.15) is 49.4 Å². The lowest BCUT2D eigenvalue weighted by Crippen LogP contribution is -2.27. The fourth-order valence-corrected chi connectivity index (χ4v) is 2.75. The Bertz CT molecular complexity index is 444. The van der Waals surface area contributed by atoms with Gasteiger partial charge in [-0.1, -0.05) is 6.42 Å². The van der Waals surface area contributed by atoms with Gasteiger partial charge in [0.2, 0.25) is 0 Å². The van der Waals surface area contributed by atoms with Gasteiger partial charge < -0.3 is 10.3 Å². The van der Waals surface area contributed by atoms with Gasteiger partial charge in [-0.15, -0.1) is 0 Å². The van der Waals surface area contributed by atoms with Crippen LogP contribution in [0.25, 0.3) is 0 Å². The van der Waals surface area contributed by atoms with E-state index < -0.39 is 0 Å². The number of nitrogens with zero attached hydrogens (tertiary/aromatic N) is 1. The van der Waals surface area contributed by atoms with E-state index >= 15 is 0 Å². The Morgan fingerprint density at radius 2 is 2.18 bits per heavy atom. The van der Waals surface area contributed by atoms with E-state index in [1.807, 2.05) is 0 Å². The fourth-order valence-electron chi connectivity index (χ4n) is 2.75. The van der Waals surface area contributed by atoms with Crippen LogP contribution in [0.15, 0.2) is 10.9 Å². The minimum Gasteiger partial charge on any atom is -0.314 e. The fraction of sp³-hybridized carbons (Fsp3) is 0.692. The maximum atomic E-state index is 11.5. The second-order valence-corrected chi connectivity index (χ2v) is 5.26. The Morgan fingerprint density at radius 3 is 2.82 bits per heavy atom. The Labute approximate surface area is 101 Å². The van der Waals surface area contributed by atoms with Gasteiger partial charge in [0.15, 0.2) is 0 Å². The minimum atomic E-state index is -0.178. The summed E-state index contributed by atoms with van der Waals surface area (Å²) in [6, 6.07) is 2.63. The molecule has 2 N–H and O–H groups in total. The Kier molecular flexibility index (Phi) is 2.97. The largest absolute Gasteiger partial charge is 0.345 e. The van der Waals surface area contributed by atoms with Crippen molar-refractivity contribution >= 4 is 0 Å². The maximum Gasteiger partial charge on any atom is 0.345 e. The molecule has 1 unspecified atom stereocenters. The van der Waals surface area contributed by atoms with Gasteiger partial charge in [0.05, 0.1) is 5.69 Å². The average Bonchev–Trinajstić information content (AvgIpc) is 2.66. The molecular weight excluding hydrogens is 214 g/mol. The molecule has 4 nitrogen and oxygen atoms in total. The molecule has 0 bridgehead atoms. The van der Waals surface area contributed by atoms with Crippen LogP contribution < -0.4 is 11.0 Å². The van der Waals surface area contributed by atoms with Gasteiger partial charge in [-0.05, 0) is 38.3 Å². The van der Waals surface area contributed by atoms with Crippen LogP contribution in [-0.4, -0.2) is 22.6 Å². The smallest absolute Gasteiger partial charge is 0.314 e. The highest BCUT2D eigenvalue weighted by Crippen LogP contribution is 2.34. The lowest BCUT2D eigenvalue weighted by molar-refractivity contribution is 0.409. The molecule has 3 rings (SSSR count). The lowest BCUT2D eigenvalue weighted by atomic mass is 9.82. The number of aromatic nitrogens is 2.